The van der Waals surface area contributed by atoms with E-state index in [1.807, 2.05) is 0 Å². The van der Waals surface area contributed by atoms with Gasteiger partial charge in [0.15, 0.2) is 5.75 Å². The van der Waals surface area contributed by atoms with Gasteiger partial charge in [0.1, 0.15) is 5.56 Å². The molecule has 118 valence electrons. The first-order valence-corrected chi connectivity index (χ1v) is 6.95. The standard InChI is InChI=1S/C15H23NO5/c1-3-20-15(17)12-6-4-7-13(16)14(12)21-9-5-8-19-11-10-18-2/h4,6-7H,3,5,8-11,16H2,1-2H3. The van der Waals surface area contributed by atoms with E-state index < -0.39 is 5.97 Å². The number of benzene rings is 1. The summed E-state index contributed by atoms with van der Waals surface area (Å²) in [5, 5.41) is 0. The van der Waals surface area contributed by atoms with Gasteiger partial charge in [-0.2, -0.15) is 0 Å². The number of nitrogens with two attached hydrogens (primary N) is 1. The lowest BCUT2D eigenvalue weighted by atomic mass is 10.1. The highest BCUT2D eigenvalue weighted by Crippen LogP contribution is 2.27. The van der Waals surface area contributed by atoms with Crippen LogP contribution in [-0.2, 0) is 14.2 Å². The van der Waals surface area contributed by atoms with Gasteiger partial charge in [0.25, 0.3) is 0 Å². The van der Waals surface area contributed by atoms with Crippen molar-refractivity contribution in [1.82, 2.24) is 0 Å². The van der Waals surface area contributed by atoms with Crippen LogP contribution in [0.25, 0.3) is 0 Å². The normalized spacial score (nSPS) is 10.4. The molecule has 21 heavy (non-hydrogen) atoms. The summed E-state index contributed by atoms with van der Waals surface area (Å²) < 4.78 is 20.8. The number of anilines is 1. The van der Waals surface area contributed by atoms with E-state index >= 15 is 0 Å². The molecule has 0 unspecified atom stereocenters. The molecule has 0 bridgehead atoms. The number of carbonyl (C=O) groups excluding carboxylic acids is 1. The minimum absolute atomic E-state index is 0.306. The van der Waals surface area contributed by atoms with Gasteiger partial charge in [0.2, 0.25) is 0 Å². The Bertz CT molecular complexity index is 436. The van der Waals surface area contributed by atoms with Crippen LogP contribution in [0.3, 0.4) is 0 Å². The lowest BCUT2D eigenvalue weighted by Gasteiger charge is -2.13. The summed E-state index contributed by atoms with van der Waals surface area (Å²) in [6.45, 7) is 4.15. The van der Waals surface area contributed by atoms with Crippen LogP contribution in [0, 0.1) is 0 Å². The molecule has 6 heteroatoms. The predicted octanol–water partition coefficient (Wildman–Crippen LogP) is 1.88. The van der Waals surface area contributed by atoms with Crippen LogP contribution in [0.1, 0.15) is 23.7 Å². The summed E-state index contributed by atoms with van der Waals surface area (Å²) in [5.74, 6) is -0.0658. The monoisotopic (exact) mass is 297 g/mol. The molecule has 2 N–H and O–H groups in total. The van der Waals surface area contributed by atoms with Gasteiger partial charge in [-0.25, -0.2) is 4.79 Å². The fraction of sp³-hybridized carbons (Fsp3) is 0.533. The Morgan fingerprint density at radius 2 is 2.00 bits per heavy atom. The van der Waals surface area contributed by atoms with Crippen LogP contribution in [-0.4, -0.2) is 46.1 Å². The van der Waals surface area contributed by atoms with Crippen molar-refractivity contribution in [2.75, 3.05) is 45.9 Å². The SMILES string of the molecule is CCOC(=O)c1cccc(N)c1OCCCOCCOC. The van der Waals surface area contributed by atoms with Gasteiger partial charge in [-0.3, -0.25) is 0 Å². The minimum atomic E-state index is -0.434. The first-order chi connectivity index (χ1) is 10.2. The number of para-hydroxylation sites is 1. The van der Waals surface area contributed by atoms with E-state index in [4.69, 9.17) is 24.7 Å². The fourth-order valence-corrected chi connectivity index (χ4v) is 1.67. The van der Waals surface area contributed by atoms with Gasteiger partial charge in [-0.05, 0) is 19.1 Å². The Balaban J connectivity index is 2.48. The van der Waals surface area contributed by atoms with Gasteiger partial charge < -0.3 is 24.7 Å². The number of esters is 1. The van der Waals surface area contributed by atoms with Crippen molar-refractivity contribution in [2.45, 2.75) is 13.3 Å². The molecule has 0 saturated carbocycles. The summed E-state index contributed by atoms with van der Waals surface area (Å²) in [5.41, 5.74) is 6.62. The van der Waals surface area contributed by atoms with Crippen molar-refractivity contribution in [2.24, 2.45) is 0 Å². The lowest BCUT2D eigenvalue weighted by Crippen LogP contribution is -2.11. The van der Waals surface area contributed by atoms with Crippen LogP contribution in [0.5, 0.6) is 5.75 Å². The highest BCUT2D eigenvalue weighted by molar-refractivity contribution is 5.94. The van der Waals surface area contributed by atoms with Crippen molar-refractivity contribution in [3.8, 4) is 5.75 Å². The predicted molar refractivity (Wildman–Crippen MR) is 79.6 cm³/mol. The molecular formula is C15H23NO5. The smallest absolute Gasteiger partial charge is 0.341 e. The molecule has 1 aromatic carbocycles. The second kappa shape index (κ2) is 10.0. The van der Waals surface area contributed by atoms with Crippen molar-refractivity contribution >= 4 is 11.7 Å². The zero-order valence-corrected chi connectivity index (χ0v) is 12.6. The zero-order valence-electron chi connectivity index (χ0n) is 12.6. The Morgan fingerprint density at radius 1 is 1.19 bits per heavy atom. The third-order valence-electron chi connectivity index (χ3n) is 2.65. The van der Waals surface area contributed by atoms with E-state index in [1.54, 1.807) is 32.2 Å². The molecule has 0 amide bonds. The maximum atomic E-state index is 11.8. The molecule has 1 aromatic rings. The van der Waals surface area contributed by atoms with Gasteiger partial charge >= 0.3 is 5.97 Å². The van der Waals surface area contributed by atoms with E-state index in [0.717, 1.165) is 0 Å². The van der Waals surface area contributed by atoms with Crippen molar-refractivity contribution < 1.29 is 23.7 Å². The molecule has 0 aliphatic heterocycles. The van der Waals surface area contributed by atoms with Crippen molar-refractivity contribution in [1.29, 1.82) is 0 Å². The van der Waals surface area contributed by atoms with Crippen molar-refractivity contribution in [3.63, 3.8) is 0 Å². The van der Waals surface area contributed by atoms with Crippen molar-refractivity contribution in [3.05, 3.63) is 23.8 Å². The fourth-order valence-electron chi connectivity index (χ4n) is 1.67. The molecule has 0 aromatic heterocycles. The van der Waals surface area contributed by atoms with E-state index in [0.29, 0.717) is 56.5 Å². The third-order valence-corrected chi connectivity index (χ3v) is 2.65. The number of nitrogen functional groups attached to an aromatic ring is 1. The van der Waals surface area contributed by atoms with Crippen LogP contribution in [0.15, 0.2) is 18.2 Å². The number of ether oxygens (including phenoxy) is 4. The van der Waals surface area contributed by atoms with E-state index in [9.17, 15) is 4.79 Å². The Labute approximate surface area is 125 Å². The lowest BCUT2D eigenvalue weighted by molar-refractivity contribution is 0.0519. The molecule has 0 radical (unpaired) electrons. The summed E-state index contributed by atoms with van der Waals surface area (Å²) in [6.07, 6.45) is 0.695. The molecular weight excluding hydrogens is 274 g/mol. The quantitative estimate of drug-likeness (QED) is 0.403. The maximum Gasteiger partial charge on any atom is 0.341 e. The molecule has 1 rings (SSSR count). The number of carbonyl (C=O) groups is 1. The average Bonchev–Trinajstić information content (AvgIpc) is 2.47. The summed E-state index contributed by atoms with van der Waals surface area (Å²) in [4.78, 5) is 11.8. The maximum absolute atomic E-state index is 11.8. The second-order valence-electron chi connectivity index (χ2n) is 4.25. The molecule has 0 aliphatic rings. The topological polar surface area (TPSA) is 80.0 Å². The zero-order chi connectivity index (χ0) is 15.5. The first kappa shape index (κ1) is 17.3. The van der Waals surface area contributed by atoms with Crippen LogP contribution < -0.4 is 10.5 Å². The van der Waals surface area contributed by atoms with Crippen LogP contribution >= 0.6 is 0 Å². The molecule has 0 fully saturated rings. The van der Waals surface area contributed by atoms with E-state index in [1.165, 1.54) is 0 Å². The Morgan fingerprint density at radius 3 is 2.71 bits per heavy atom. The largest absolute Gasteiger partial charge is 0.490 e. The summed E-state index contributed by atoms with van der Waals surface area (Å²) in [7, 11) is 1.63. The Hall–Kier alpha value is -1.79. The number of methoxy groups -OCH3 is 1. The molecule has 6 nitrogen and oxygen atoms in total. The average molecular weight is 297 g/mol. The minimum Gasteiger partial charge on any atom is -0.490 e. The molecule has 0 aliphatic carbocycles. The molecule has 0 atom stereocenters. The van der Waals surface area contributed by atoms with E-state index in [2.05, 4.69) is 0 Å². The molecule has 0 saturated heterocycles. The van der Waals surface area contributed by atoms with Crippen LogP contribution in [0.2, 0.25) is 0 Å². The van der Waals surface area contributed by atoms with Crippen LogP contribution in [0.4, 0.5) is 5.69 Å². The van der Waals surface area contributed by atoms with Gasteiger partial charge in [0, 0.05) is 20.1 Å². The highest BCUT2D eigenvalue weighted by atomic mass is 16.5. The number of rotatable bonds is 10. The highest BCUT2D eigenvalue weighted by Gasteiger charge is 2.15. The van der Waals surface area contributed by atoms with E-state index in [-0.39, 0.29) is 0 Å². The molecule has 0 heterocycles. The number of hydrogen-bond acceptors (Lipinski definition) is 6. The van der Waals surface area contributed by atoms with Gasteiger partial charge in [-0.1, -0.05) is 6.07 Å². The second-order valence-corrected chi connectivity index (χ2v) is 4.25. The Kier molecular flexibility index (Phi) is 8.23. The number of hydrogen-bond donors (Lipinski definition) is 1. The summed E-state index contributed by atoms with van der Waals surface area (Å²) >= 11 is 0. The third kappa shape index (κ3) is 6.01. The molecule has 0 spiro atoms. The van der Waals surface area contributed by atoms with Gasteiger partial charge in [0.05, 0.1) is 32.1 Å². The summed E-state index contributed by atoms with van der Waals surface area (Å²) in [6, 6.07) is 5.02. The first-order valence-electron chi connectivity index (χ1n) is 6.95. The van der Waals surface area contributed by atoms with Gasteiger partial charge in [-0.15, -0.1) is 0 Å².